The minimum atomic E-state index is 0.267. The molecule has 158 valence electrons. The number of rotatable bonds is 6. The number of hydrogen-bond donors (Lipinski definition) is 3. The van der Waals surface area contributed by atoms with E-state index in [9.17, 15) is 10.5 Å². The second kappa shape index (κ2) is 7.83. The predicted molar refractivity (Wildman–Crippen MR) is 118 cm³/mol. The van der Waals surface area contributed by atoms with Gasteiger partial charge in [0.25, 0.3) is 0 Å². The van der Waals surface area contributed by atoms with Gasteiger partial charge in [0.05, 0.1) is 17.8 Å². The minimum absolute atomic E-state index is 0.267. The average Bonchev–Trinajstić information content (AvgIpc) is 2.79. The first-order chi connectivity index (χ1) is 15.1. The molecule has 2 aromatic rings. The van der Waals surface area contributed by atoms with E-state index in [0.29, 0.717) is 47.3 Å². The molecule has 4 saturated carbocycles. The molecular weight excluding hydrogens is 386 g/mol. The van der Waals surface area contributed by atoms with Gasteiger partial charge in [-0.1, -0.05) is 18.2 Å². The standard InChI is InChI=1S/C24H27N7/c25-10-16-3-1-2-4-17(16)12-28-23-29-13-20(11-26)22(31-23)30-14-24-7-15-5-18(8-24)21(27)19(6-15)9-24/h1-4,13,15,18-19,21H,5-9,12,14,27H2,(H2,28,29,30,31)/t15?,18-,19?,21?,24?/m0/s1. The Morgan fingerprint density at radius 2 is 1.77 bits per heavy atom. The second-order valence-electron chi connectivity index (χ2n) is 9.59. The first kappa shape index (κ1) is 19.8. The Balaban J connectivity index is 1.29. The van der Waals surface area contributed by atoms with Crippen LogP contribution >= 0.6 is 0 Å². The third-order valence-electron chi connectivity index (χ3n) is 7.59. The molecule has 0 aliphatic heterocycles. The van der Waals surface area contributed by atoms with E-state index in [1.165, 1.54) is 32.1 Å². The maximum absolute atomic E-state index is 9.54. The van der Waals surface area contributed by atoms with Crippen LogP contribution in [0.4, 0.5) is 11.8 Å². The number of nitrogens with zero attached hydrogens (tertiary/aromatic N) is 4. The highest BCUT2D eigenvalue weighted by atomic mass is 15.1. The molecule has 1 heterocycles. The fourth-order valence-corrected chi connectivity index (χ4v) is 6.36. The molecule has 31 heavy (non-hydrogen) atoms. The largest absolute Gasteiger partial charge is 0.368 e. The van der Waals surface area contributed by atoms with Crippen molar-refractivity contribution in [2.45, 2.75) is 44.7 Å². The van der Waals surface area contributed by atoms with Crippen LogP contribution in [0.5, 0.6) is 0 Å². The minimum Gasteiger partial charge on any atom is -0.368 e. The fourth-order valence-electron chi connectivity index (χ4n) is 6.36. The average molecular weight is 414 g/mol. The summed E-state index contributed by atoms with van der Waals surface area (Å²) in [5, 5.41) is 25.5. The molecule has 4 fully saturated rings. The lowest BCUT2D eigenvalue weighted by Crippen LogP contribution is -2.58. The van der Waals surface area contributed by atoms with E-state index in [1.807, 2.05) is 18.2 Å². The zero-order chi connectivity index (χ0) is 21.4. The summed E-state index contributed by atoms with van der Waals surface area (Å²) in [6, 6.07) is 12.2. The molecule has 1 aromatic heterocycles. The summed E-state index contributed by atoms with van der Waals surface area (Å²) < 4.78 is 0. The highest BCUT2D eigenvalue weighted by molar-refractivity contribution is 5.53. The molecule has 0 amide bonds. The summed E-state index contributed by atoms with van der Waals surface area (Å²) in [5.74, 6) is 3.12. The third kappa shape index (κ3) is 3.71. The van der Waals surface area contributed by atoms with E-state index >= 15 is 0 Å². The van der Waals surface area contributed by atoms with Crippen LogP contribution < -0.4 is 16.4 Å². The van der Waals surface area contributed by atoms with Gasteiger partial charge in [-0.3, -0.25) is 0 Å². The van der Waals surface area contributed by atoms with Crippen molar-refractivity contribution in [3.63, 3.8) is 0 Å². The maximum Gasteiger partial charge on any atom is 0.224 e. The van der Waals surface area contributed by atoms with Gasteiger partial charge in [-0.25, -0.2) is 4.98 Å². The molecule has 0 spiro atoms. The van der Waals surface area contributed by atoms with Gasteiger partial charge in [-0.15, -0.1) is 0 Å². The Kier molecular flexibility index (Phi) is 5.00. The number of aromatic nitrogens is 2. The quantitative estimate of drug-likeness (QED) is 0.663. The third-order valence-corrected chi connectivity index (χ3v) is 7.59. The van der Waals surface area contributed by atoms with Gasteiger partial charge in [0.15, 0.2) is 0 Å². The first-order valence-electron chi connectivity index (χ1n) is 11.1. The van der Waals surface area contributed by atoms with Crippen molar-refractivity contribution in [1.29, 1.82) is 10.5 Å². The molecule has 4 aliphatic rings. The smallest absolute Gasteiger partial charge is 0.224 e. The van der Waals surface area contributed by atoms with Crippen LogP contribution in [-0.4, -0.2) is 22.6 Å². The number of anilines is 2. The zero-order valence-electron chi connectivity index (χ0n) is 17.5. The van der Waals surface area contributed by atoms with Gasteiger partial charge < -0.3 is 16.4 Å². The summed E-state index contributed by atoms with van der Waals surface area (Å²) >= 11 is 0. The Hall–Kier alpha value is -3.16. The van der Waals surface area contributed by atoms with Gasteiger partial charge in [-0.2, -0.15) is 15.5 Å². The molecule has 6 rings (SSSR count). The van der Waals surface area contributed by atoms with Crippen LogP contribution in [0.25, 0.3) is 0 Å². The van der Waals surface area contributed by atoms with Crippen LogP contribution in [0.2, 0.25) is 0 Å². The number of nitrogens with two attached hydrogens (primary N) is 1. The highest BCUT2D eigenvalue weighted by Gasteiger charge is 2.54. The lowest BCUT2D eigenvalue weighted by Gasteiger charge is -2.59. The van der Waals surface area contributed by atoms with Crippen molar-refractivity contribution in [3.05, 3.63) is 47.2 Å². The molecule has 4 aliphatic carbocycles. The normalized spacial score (nSPS) is 30.4. The van der Waals surface area contributed by atoms with Crippen molar-refractivity contribution in [2.24, 2.45) is 28.9 Å². The molecular formula is C24H27N7. The Morgan fingerprint density at radius 3 is 2.52 bits per heavy atom. The van der Waals surface area contributed by atoms with Gasteiger partial charge >= 0.3 is 0 Å². The highest BCUT2D eigenvalue weighted by Crippen LogP contribution is 2.59. The predicted octanol–water partition coefficient (Wildman–Crippen LogP) is 3.40. The summed E-state index contributed by atoms with van der Waals surface area (Å²) in [6.07, 6.45) is 7.74. The summed E-state index contributed by atoms with van der Waals surface area (Å²) in [6.45, 7) is 1.27. The molecule has 7 nitrogen and oxygen atoms in total. The van der Waals surface area contributed by atoms with Crippen molar-refractivity contribution in [2.75, 3.05) is 17.2 Å². The van der Waals surface area contributed by atoms with E-state index in [-0.39, 0.29) is 5.41 Å². The van der Waals surface area contributed by atoms with Crippen LogP contribution in [-0.2, 0) is 6.54 Å². The van der Waals surface area contributed by atoms with Gasteiger partial charge in [0, 0.05) is 19.1 Å². The number of nitriles is 2. The molecule has 0 saturated heterocycles. The van der Waals surface area contributed by atoms with E-state index in [0.717, 1.165) is 18.0 Å². The molecule has 4 unspecified atom stereocenters. The fraction of sp³-hybridized carbons (Fsp3) is 0.500. The number of nitrogens with one attached hydrogen (secondary N) is 2. The summed E-state index contributed by atoms with van der Waals surface area (Å²) in [4.78, 5) is 8.86. The maximum atomic E-state index is 9.54. The molecule has 4 N–H and O–H groups in total. The first-order valence-corrected chi connectivity index (χ1v) is 11.1. The van der Waals surface area contributed by atoms with E-state index < -0.39 is 0 Å². The van der Waals surface area contributed by atoms with Gasteiger partial charge in [0.1, 0.15) is 17.5 Å². The molecule has 1 aromatic carbocycles. The Bertz CT molecular complexity index is 1050. The molecule has 0 radical (unpaired) electrons. The SMILES string of the molecule is N#Cc1ccccc1CNc1ncc(C#N)c(NCC23CC4CC(C2)C(N)[C@@H](C4)C3)n1. The van der Waals surface area contributed by atoms with E-state index in [2.05, 4.69) is 32.7 Å². The monoisotopic (exact) mass is 413 g/mol. The molecule has 4 bridgehead atoms. The summed E-state index contributed by atoms with van der Waals surface area (Å²) in [5.41, 5.74) is 8.72. The lowest BCUT2D eigenvalue weighted by atomic mass is 9.48. The molecule has 5 atom stereocenters. The van der Waals surface area contributed by atoms with Crippen molar-refractivity contribution in [1.82, 2.24) is 9.97 Å². The Morgan fingerprint density at radius 1 is 1.03 bits per heavy atom. The molecule has 7 heteroatoms. The van der Waals surface area contributed by atoms with Crippen LogP contribution in [0.15, 0.2) is 30.5 Å². The van der Waals surface area contributed by atoms with E-state index in [1.54, 1.807) is 12.3 Å². The number of benzene rings is 1. The van der Waals surface area contributed by atoms with Gasteiger partial charge in [-0.05, 0) is 66.9 Å². The van der Waals surface area contributed by atoms with Crippen LogP contribution in [0, 0.1) is 45.8 Å². The second-order valence-corrected chi connectivity index (χ2v) is 9.59. The van der Waals surface area contributed by atoms with Crippen molar-refractivity contribution < 1.29 is 0 Å². The van der Waals surface area contributed by atoms with E-state index in [4.69, 9.17) is 5.73 Å². The van der Waals surface area contributed by atoms with Crippen molar-refractivity contribution >= 4 is 11.8 Å². The van der Waals surface area contributed by atoms with Crippen molar-refractivity contribution in [3.8, 4) is 12.1 Å². The van der Waals surface area contributed by atoms with Crippen LogP contribution in [0.1, 0.15) is 48.8 Å². The summed E-state index contributed by atoms with van der Waals surface area (Å²) in [7, 11) is 0. The van der Waals surface area contributed by atoms with Gasteiger partial charge in [0.2, 0.25) is 5.95 Å². The zero-order valence-corrected chi connectivity index (χ0v) is 17.5. The topological polar surface area (TPSA) is 123 Å². The van der Waals surface area contributed by atoms with Crippen LogP contribution in [0.3, 0.4) is 0 Å². The number of hydrogen-bond acceptors (Lipinski definition) is 7. The lowest BCUT2D eigenvalue weighted by molar-refractivity contribution is -0.0591. The Labute approximate surface area is 182 Å².